The number of likely N-dealkylation sites (tertiary alicyclic amines) is 1. The van der Waals surface area contributed by atoms with Gasteiger partial charge in [0.1, 0.15) is 5.82 Å². The normalized spacial score (nSPS) is 21.3. The largest absolute Gasteiger partial charge is 0.384 e. The quantitative estimate of drug-likeness (QED) is 0.803. The number of hydrogen-bond donors (Lipinski definition) is 0. The molecule has 1 unspecified atom stereocenters. The molecule has 1 atom stereocenters. The Morgan fingerprint density at radius 2 is 2.04 bits per heavy atom. The minimum atomic E-state index is -0.320. The number of piperidine rings is 1. The van der Waals surface area contributed by atoms with Gasteiger partial charge < -0.3 is 9.64 Å². The van der Waals surface area contributed by atoms with Crippen LogP contribution in [-0.2, 0) is 16.6 Å². The predicted molar refractivity (Wildman–Crippen MR) is 101 cm³/mol. The minimum absolute atomic E-state index is 0.0511. The fourth-order valence-corrected chi connectivity index (χ4v) is 4.12. The van der Waals surface area contributed by atoms with E-state index in [0.29, 0.717) is 13.2 Å². The first-order valence-corrected chi connectivity index (χ1v) is 9.55. The van der Waals surface area contributed by atoms with Crippen LogP contribution in [0.25, 0.3) is 5.69 Å². The number of hydrogen-bond acceptors (Lipinski definition) is 4. The molecule has 0 N–H and O–H groups in total. The van der Waals surface area contributed by atoms with Gasteiger partial charge in [0.05, 0.1) is 17.7 Å². The lowest BCUT2D eigenvalue weighted by molar-refractivity contribution is -0.140. The highest BCUT2D eigenvalue weighted by atomic mass is 16.5. The number of ether oxygens (including phenoxy) is 1. The Hall–Kier alpha value is -2.41. The Kier molecular flexibility index (Phi) is 4.63. The zero-order valence-corrected chi connectivity index (χ0v) is 15.9. The van der Waals surface area contributed by atoms with E-state index in [9.17, 15) is 9.59 Å². The first kappa shape index (κ1) is 18.0. The van der Waals surface area contributed by atoms with Crippen molar-refractivity contribution >= 4 is 5.91 Å². The molecule has 2 aromatic rings. The molecule has 144 valence electrons. The van der Waals surface area contributed by atoms with Crippen molar-refractivity contribution < 1.29 is 9.53 Å². The van der Waals surface area contributed by atoms with Crippen molar-refractivity contribution in [1.29, 1.82) is 0 Å². The molecule has 1 aromatic heterocycles. The van der Waals surface area contributed by atoms with Crippen LogP contribution in [0.2, 0.25) is 0 Å². The number of benzene rings is 1. The molecule has 2 heterocycles. The highest BCUT2D eigenvalue weighted by molar-refractivity contribution is 5.85. The molecule has 1 saturated heterocycles. The molecule has 0 spiro atoms. The highest BCUT2D eigenvalue weighted by Crippen LogP contribution is 2.48. The van der Waals surface area contributed by atoms with Gasteiger partial charge >= 0.3 is 5.69 Å². The summed E-state index contributed by atoms with van der Waals surface area (Å²) in [6.45, 7) is 1.86. The van der Waals surface area contributed by atoms with Crippen LogP contribution in [0.4, 0.5) is 0 Å². The fraction of sp³-hybridized carbons (Fsp3) is 0.550. The Balaban J connectivity index is 1.62. The fourth-order valence-electron chi connectivity index (χ4n) is 4.12. The van der Waals surface area contributed by atoms with Crippen LogP contribution in [0.5, 0.6) is 0 Å². The Bertz CT molecular complexity index is 882. The summed E-state index contributed by atoms with van der Waals surface area (Å²) in [6.07, 6.45) is 3.64. The molecule has 0 radical (unpaired) electrons. The molecule has 4 rings (SSSR count). The molecule has 1 aromatic carbocycles. The van der Waals surface area contributed by atoms with E-state index >= 15 is 0 Å². The van der Waals surface area contributed by atoms with Gasteiger partial charge in [-0.2, -0.15) is 5.10 Å². The molecule has 1 saturated carbocycles. The van der Waals surface area contributed by atoms with E-state index in [4.69, 9.17) is 4.74 Å². The Morgan fingerprint density at radius 3 is 2.70 bits per heavy atom. The summed E-state index contributed by atoms with van der Waals surface area (Å²) in [6, 6.07) is 9.58. The van der Waals surface area contributed by atoms with E-state index in [1.54, 1.807) is 18.7 Å². The zero-order valence-electron chi connectivity index (χ0n) is 15.9. The molecular weight excluding hydrogens is 344 g/mol. The van der Waals surface area contributed by atoms with Gasteiger partial charge in [-0.1, -0.05) is 18.2 Å². The molecule has 7 heteroatoms. The van der Waals surface area contributed by atoms with Gasteiger partial charge in [0.15, 0.2) is 0 Å². The van der Waals surface area contributed by atoms with Crippen LogP contribution < -0.4 is 5.69 Å². The van der Waals surface area contributed by atoms with Gasteiger partial charge in [-0.3, -0.25) is 4.79 Å². The SMILES string of the molecule is COCC1(C(=O)N2CCCC(c3nn(C)c(=O)n3-c3ccccc3)C2)CC1. The van der Waals surface area contributed by atoms with Crippen LogP contribution >= 0.6 is 0 Å². The predicted octanol–water partition coefficient (Wildman–Crippen LogP) is 1.70. The third kappa shape index (κ3) is 3.20. The second kappa shape index (κ2) is 6.96. The van der Waals surface area contributed by atoms with Crippen LogP contribution in [0.3, 0.4) is 0 Å². The van der Waals surface area contributed by atoms with E-state index in [2.05, 4.69) is 5.10 Å². The number of aryl methyl sites for hydroxylation is 1. The maximum atomic E-state index is 13.0. The standard InChI is InChI=1S/C20H26N4O3/c1-22-19(26)24(16-8-4-3-5-9-16)17(21-22)15-7-6-12-23(13-15)18(25)20(10-11-20)14-27-2/h3-5,8-9,15H,6-7,10-14H2,1-2H3. The average molecular weight is 370 g/mol. The van der Waals surface area contributed by atoms with E-state index in [1.165, 1.54) is 4.68 Å². The van der Waals surface area contributed by atoms with Gasteiger partial charge in [-0.25, -0.2) is 14.0 Å². The molecule has 1 amide bonds. The van der Waals surface area contributed by atoms with Crippen molar-refractivity contribution in [3.63, 3.8) is 0 Å². The summed E-state index contributed by atoms with van der Waals surface area (Å²) in [5.41, 5.74) is 0.338. The highest BCUT2D eigenvalue weighted by Gasteiger charge is 2.52. The van der Waals surface area contributed by atoms with Crippen molar-refractivity contribution in [3.8, 4) is 5.69 Å². The number of carbonyl (C=O) groups is 1. The average Bonchev–Trinajstić information content (AvgIpc) is 3.42. The third-order valence-electron chi connectivity index (χ3n) is 5.77. The molecular formula is C20H26N4O3. The van der Waals surface area contributed by atoms with Gasteiger partial charge in [0.2, 0.25) is 5.91 Å². The molecule has 27 heavy (non-hydrogen) atoms. The maximum Gasteiger partial charge on any atom is 0.350 e. The van der Waals surface area contributed by atoms with Crippen LogP contribution in [0.1, 0.15) is 37.4 Å². The van der Waals surface area contributed by atoms with Crippen molar-refractivity contribution in [2.75, 3.05) is 26.8 Å². The summed E-state index contributed by atoms with van der Waals surface area (Å²) >= 11 is 0. The summed E-state index contributed by atoms with van der Waals surface area (Å²) in [4.78, 5) is 27.6. The van der Waals surface area contributed by atoms with E-state index < -0.39 is 0 Å². The molecule has 2 fully saturated rings. The summed E-state index contributed by atoms with van der Waals surface area (Å²) < 4.78 is 8.35. The van der Waals surface area contributed by atoms with Gasteiger partial charge in [-0.05, 0) is 37.8 Å². The number of nitrogens with zero attached hydrogens (tertiary/aromatic N) is 4. The molecule has 0 bridgehead atoms. The van der Waals surface area contributed by atoms with Crippen molar-refractivity contribution in [2.24, 2.45) is 12.5 Å². The summed E-state index contributed by atoms with van der Waals surface area (Å²) in [5, 5.41) is 4.52. The van der Waals surface area contributed by atoms with Gasteiger partial charge in [0.25, 0.3) is 0 Å². The summed E-state index contributed by atoms with van der Waals surface area (Å²) in [7, 11) is 3.33. The lowest BCUT2D eigenvalue weighted by atomic mass is 9.95. The lowest BCUT2D eigenvalue weighted by Crippen LogP contribution is -2.44. The molecule has 1 aliphatic carbocycles. The Labute approximate surface area is 158 Å². The first-order valence-electron chi connectivity index (χ1n) is 9.55. The van der Waals surface area contributed by atoms with E-state index in [-0.39, 0.29) is 22.9 Å². The van der Waals surface area contributed by atoms with Crippen molar-refractivity contribution in [1.82, 2.24) is 19.2 Å². The molecule has 2 aliphatic rings. The maximum absolute atomic E-state index is 13.0. The third-order valence-corrected chi connectivity index (χ3v) is 5.77. The lowest BCUT2D eigenvalue weighted by Gasteiger charge is -2.34. The van der Waals surface area contributed by atoms with Crippen LogP contribution in [0.15, 0.2) is 35.1 Å². The number of aromatic nitrogens is 3. The van der Waals surface area contributed by atoms with E-state index in [0.717, 1.165) is 43.7 Å². The molecule has 7 nitrogen and oxygen atoms in total. The van der Waals surface area contributed by atoms with Crippen LogP contribution in [0, 0.1) is 5.41 Å². The number of carbonyl (C=O) groups excluding carboxylic acids is 1. The second-order valence-electron chi connectivity index (χ2n) is 7.74. The Morgan fingerprint density at radius 1 is 1.30 bits per heavy atom. The number of para-hydroxylation sites is 1. The zero-order chi connectivity index (χ0) is 19.0. The topological polar surface area (TPSA) is 69.4 Å². The monoisotopic (exact) mass is 370 g/mol. The second-order valence-corrected chi connectivity index (χ2v) is 7.74. The van der Waals surface area contributed by atoms with Crippen molar-refractivity contribution in [2.45, 2.75) is 31.6 Å². The minimum Gasteiger partial charge on any atom is -0.384 e. The van der Waals surface area contributed by atoms with Crippen molar-refractivity contribution in [3.05, 3.63) is 46.6 Å². The number of rotatable bonds is 5. The smallest absolute Gasteiger partial charge is 0.350 e. The van der Waals surface area contributed by atoms with Gasteiger partial charge in [-0.15, -0.1) is 0 Å². The van der Waals surface area contributed by atoms with Crippen LogP contribution in [-0.4, -0.2) is 52.0 Å². The molecule has 1 aliphatic heterocycles. The number of amides is 1. The number of methoxy groups -OCH3 is 1. The first-order chi connectivity index (χ1) is 13.1. The van der Waals surface area contributed by atoms with E-state index in [1.807, 2.05) is 35.2 Å². The van der Waals surface area contributed by atoms with Gasteiger partial charge in [0, 0.05) is 33.2 Å². The summed E-state index contributed by atoms with van der Waals surface area (Å²) in [5.74, 6) is 0.983.